The second-order valence-electron chi connectivity index (χ2n) is 7.98. The molecule has 0 radical (unpaired) electrons. The summed E-state index contributed by atoms with van der Waals surface area (Å²) in [6.07, 6.45) is 7.04. The fourth-order valence-corrected chi connectivity index (χ4v) is 4.11. The zero-order chi connectivity index (χ0) is 18.7. The number of nitrogens with one attached hydrogen (secondary N) is 2. The zero-order valence-corrected chi connectivity index (χ0v) is 19.7. The second kappa shape index (κ2) is 14.0. The molecule has 0 aromatic rings. The fraction of sp³-hybridized carbons (Fsp3) is 0.950. The molecule has 3 rings (SSSR count). The van der Waals surface area contributed by atoms with E-state index in [9.17, 15) is 0 Å². The van der Waals surface area contributed by atoms with Gasteiger partial charge in [0, 0.05) is 65.7 Å². The van der Waals surface area contributed by atoms with E-state index >= 15 is 0 Å². The van der Waals surface area contributed by atoms with Crippen molar-refractivity contribution in [2.75, 3.05) is 66.3 Å². The monoisotopic (exact) mass is 510 g/mol. The number of hydrogen-bond acceptors (Lipinski definition) is 5. The first-order valence-corrected chi connectivity index (χ1v) is 10.8. The predicted molar refractivity (Wildman–Crippen MR) is 123 cm³/mol. The van der Waals surface area contributed by atoms with Crippen LogP contribution in [0.5, 0.6) is 0 Å². The minimum absolute atomic E-state index is 0. The van der Waals surface area contributed by atoms with Crippen LogP contribution in [0, 0.1) is 5.92 Å². The van der Waals surface area contributed by atoms with Gasteiger partial charge in [0.1, 0.15) is 0 Å². The molecule has 0 spiro atoms. The van der Waals surface area contributed by atoms with Gasteiger partial charge in [-0.2, -0.15) is 0 Å². The average Bonchev–Trinajstić information content (AvgIpc) is 3.22. The van der Waals surface area contributed by atoms with Crippen molar-refractivity contribution in [3.63, 3.8) is 0 Å². The van der Waals surface area contributed by atoms with Crippen LogP contribution < -0.4 is 10.6 Å². The van der Waals surface area contributed by atoms with Crippen LogP contribution in [0.2, 0.25) is 0 Å². The third-order valence-corrected chi connectivity index (χ3v) is 5.83. The number of halogens is 1. The van der Waals surface area contributed by atoms with Gasteiger partial charge in [0.25, 0.3) is 0 Å². The Kier molecular flexibility index (Phi) is 12.0. The molecule has 1 unspecified atom stereocenters. The van der Waals surface area contributed by atoms with E-state index in [2.05, 4.69) is 20.5 Å². The number of guanidine groups is 1. The highest BCUT2D eigenvalue weighted by atomic mass is 127. The first kappa shape index (κ1) is 24.1. The topological polar surface area (TPSA) is 67.4 Å². The summed E-state index contributed by atoms with van der Waals surface area (Å²) in [6.45, 7) is 8.82. The maximum absolute atomic E-state index is 5.92. The van der Waals surface area contributed by atoms with Gasteiger partial charge in [-0.1, -0.05) is 0 Å². The highest BCUT2D eigenvalue weighted by molar-refractivity contribution is 14.0. The molecule has 0 aliphatic carbocycles. The van der Waals surface area contributed by atoms with Gasteiger partial charge in [0.05, 0.1) is 12.7 Å². The average molecular weight is 510 g/mol. The second-order valence-corrected chi connectivity index (χ2v) is 7.98. The highest BCUT2D eigenvalue weighted by Gasteiger charge is 2.24. The minimum Gasteiger partial charge on any atom is -0.381 e. The molecule has 28 heavy (non-hydrogen) atoms. The molecule has 0 aromatic heterocycles. The van der Waals surface area contributed by atoms with Crippen molar-refractivity contribution in [3.8, 4) is 0 Å². The van der Waals surface area contributed by atoms with Crippen LogP contribution in [0.15, 0.2) is 4.99 Å². The minimum atomic E-state index is 0. The third kappa shape index (κ3) is 8.69. The molecule has 3 saturated heterocycles. The first-order chi connectivity index (χ1) is 13.3. The number of likely N-dealkylation sites (tertiary alicyclic amines) is 1. The number of rotatable bonds is 8. The van der Waals surface area contributed by atoms with Crippen molar-refractivity contribution in [3.05, 3.63) is 0 Å². The Hall–Kier alpha value is -0.160. The fourth-order valence-electron chi connectivity index (χ4n) is 4.11. The van der Waals surface area contributed by atoms with Gasteiger partial charge in [-0.25, -0.2) is 0 Å². The van der Waals surface area contributed by atoms with Gasteiger partial charge >= 0.3 is 0 Å². The lowest BCUT2D eigenvalue weighted by Gasteiger charge is -2.34. The molecule has 0 bridgehead atoms. The van der Waals surface area contributed by atoms with Crippen LogP contribution in [0.3, 0.4) is 0 Å². The van der Waals surface area contributed by atoms with Crippen molar-refractivity contribution >= 4 is 29.9 Å². The van der Waals surface area contributed by atoms with Crippen LogP contribution in [0.25, 0.3) is 0 Å². The van der Waals surface area contributed by atoms with Crippen molar-refractivity contribution < 1.29 is 14.2 Å². The normalized spacial score (nSPS) is 25.5. The quantitative estimate of drug-likeness (QED) is 0.225. The van der Waals surface area contributed by atoms with Crippen LogP contribution in [0.1, 0.15) is 38.5 Å². The Bertz CT molecular complexity index is 435. The molecule has 7 nitrogen and oxygen atoms in total. The summed E-state index contributed by atoms with van der Waals surface area (Å²) in [6, 6.07) is 0.519. The number of ether oxygens (including phenoxy) is 3. The summed E-state index contributed by atoms with van der Waals surface area (Å²) in [5, 5.41) is 7.02. The molecular weight excluding hydrogens is 471 g/mol. The summed E-state index contributed by atoms with van der Waals surface area (Å²) in [4.78, 5) is 6.98. The maximum Gasteiger partial charge on any atom is 0.191 e. The highest BCUT2D eigenvalue weighted by Crippen LogP contribution is 2.17. The van der Waals surface area contributed by atoms with Crippen LogP contribution >= 0.6 is 24.0 Å². The van der Waals surface area contributed by atoms with Gasteiger partial charge < -0.3 is 29.7 Å². The van der Waals surface area contributed by atoms with Crippen molar-refractivity contribution in [1.82, 2.24) is 15.5 Å². The maximum atomic E-state index is 5.92. The molecule has 2 N–H and O–H groups in total. The van der Waals surface area contributed by atoms with E-state index in [-0.39, 0.29) is 24.0 Å². The van der Waals surface area contributed by atoms with E-state index in [0.717, 1.165) is 70.7 Å². The number of piperidine rings is 1. The van der Waals surface area contributed by atoms with Gasteiger partial charge in [-0.15, -0.1) is 24.0 Å². The van der Waals surface area contributed by atoms with E-state index in [1.165, 1.54) is 38.9 Å². The smallest absolute Gasteiger partial charge is 0.191 e. The first-order valence-electron chi connectivity index (χ1n) is 10.8. The summed E-state index contributed by atoms with van der Waals surface area (Å²) in [5.41, 5.74) is 0. The van der Waals surface area contributed by atoms with E-state index < -0.39 is 0 Å². The molecule has 0 saturated carbocycles. The van der Waals surface area contributed by atoms with Gasteiger partial charge in [0.15, 0.2) is 5.96 Å². The summed E-state index contributed by atoms with van der Waals surface area (Å²) in [7, 11) is 1.85. The Labute approximate surface area is 187 Å². The van der Waals surface area contributed by atoms with Gasteiger partial charge in [0.2, 0.25) is 0 Å². The van der Waals surface area contributed by atoms with Crippen LogP contribution in [0.4, 0.5) is 0 Å². The molecule has 0 amide bonds. The molecule has 3 aliphatic rings. The Morgan fingerprint density at radius 1 is 1.07 bits per heavy atom. The molecular formula is C20H39IN4O3. The van der Waals surface area contributed by atoms with Crippen molar-refractivity contribution in [2.45, 2.75) is 50.7 Å². The molecule has 0 aromatic carbocycles. The van der Waals surface area contributed by atoms with E-state index in [1.807, 2.05) is 7.05 Å². The number of hydrogen-bond donors (Lipinski definition) is 2. The van der Waals surface area contributed by atoms with E-state index in [1.54, 1.807) is 0 Å². The molecule has 1 atom stereocenters. The van der Waals surface area contributed by atoms with Crippen LogP contribution in [-0.4, -0.2) is 89.3 Å². The Morgan fingerprint density at radius 3 is 2.50 bits per heavy atom. The lowest BCUT2D eigenvalue weighted by atomic mass is 10.0. The van der Waals surface area contributed by atoms with E-state index in [4.69, 9.17) is 14.2 Å². The molecule has 8 heteroatoms. The lowest BCUT2D eigenvalue weighted by Crippen LogP contribution is -2.49. The number of aliphatic imine (C=N–C) groups is 1. The van der Waals surface area contributed by atoms with Crippen molar-refractivity contribution in [1.29, 1.82) is 0 Å². The predicted octanol–water partition coefficient (Wildman–Crippen LogP) is 1.86. The van der Waals surface area contributed by atoms with Crippen molar-refractivity contribution in [2.24, 2.45) is 10.9 Å². The van der Waals surface area contributed by atoms with Gasteiger partial charge in [-0.3, -0.25) is 4.99 Å². The van der Waals surface area contributed by atoms with E-state index in [0.29, 0.717) is 12.1 Å². The van der Waals surface area contributed by atoms with Gasteiger partial charge in [-0.05, 0) is 44.4 Å². The summed E-state index contributed by atoms with van der Waals surface area (Å²) >= 11 is 0. The molecule has 3 fully saturated rings. The largest absolute Gasteiger partial charge is 0.381 e. The standard InChI is InChI=1S/C20H38N4O3.HI/c1-21-20(22-8-2-11-27-19-6-13-25-14-7-19)23-18-3-9-24(10-4-18)15-17-5-12-26-16-17;/h17-19H,2-16H2,1H3,(H2,21,22,23);1H. The lowest BCUT2D eigenvalue weighted by molar-refractivity contribution is -0.0320. The third-order valence-electron chi connectivity index (χ3n) is 5.83. The molecule has 3 heterocycles. The molecule has 164 valence electrons. The van der Waals surface area contributed by atoms with Crippen LogP contribution in [-0.2, 0) is 14.2 Å². The summed E-state index contributed by atoms with van der Waals surface area (Å²) < 4.78 is 16.8. The Morgan fingerprint density at radius 2 is 1.82 bits per heavy atom. The number of nitrogens with zero attached hydrogens (tertiary/aromatic N) is 2. The SMILES string of the molecule is CN=C(NCCCOC1CCOCC1)NC1CCN(CC2CCOC2)CC1.I. The zero-order valence-electron chi connectivity index (χ0n) is 17.4. The summed E-state index contributed by atoms with van der Waals surface area (Å²) in [5.74, 6) is 1.66. The molecule has 3 aliphatic heterocycles. The Balaban J connectivity index is 0.00000280.